The van der Waals surface area contributed by atoms with E-state index in [1.807, 2.05) is 43.3 Å². The SMILES string of the molecule is CC1=C[C@@H]2[C@H](O1)O[C@H](COCc1ccccc1)[C@@H]2OCc1ccccc1. The Morgan fingerprint density at radius 1 is 0.885 bits per heavy atom. The van der Waals surface area contributed by atoms with Crippen LogP contribution < -0.4 is 0 Å². The largest absolute Gasteiger partial charge is 0.469 e. The van der Waals surface area contributed by atoms with E-state index in [1.54, 1.807) is 0 Å². The van der Waals surface area contributed by atoms with Gasteiger partial charge in [0.1, 0.15) is 6.10 Å². The fourth-order valence-corrected chi connectivity index (χ4v) is 3.50. The third-order valence-corrected chi connectivity index (χ3v) is 4.78. The summed E-state index contributed by atoms with van der Waals surface area (Å²) in [5.74, 6) is 1.01. The summed E-state index contributed by atoms with van der Waals surface area (Å²) in [6.45, 7) is 3.56. The fourth-order valence-electron chi connectivity index (χ4n) is 3.50. The standard InChI is InChI=1S/C22H24O4/c1-16-12-19-21(24-14-18-10-6-3-7-11-18)20(26-22(19)25-16)15-23-13-17-8-4-2-5-9-17/h2-12,19-22H,13-15H2,1H3/t19-,20+,21+,22+/m0/s1. The lowest BCUT2D eigenvalue weighted by Gasteiger charge is -2.21. The third-order valence-electron chi connectivity index (χ3n) is 4.78. The van der Waals surface area contributed by atoms with E-state index in [2.05, 4.69) is 30.3 Å². The summed E-state index contributed by atoms with van der Waals surface area (Å²) in [5.41, 5.74) is 2.30. The minimum atomic E-state index is -0.263. The lowest BCUT2D eigenvalue weighted by molar-refractivity contribution is -0.130. The molecule has 2 aliphatic heterocycles. The van der Waals surface area contributed by atoms with Crippen molar-refractivity contribution in [3.63, 3.8) is 0 Å². The van der Waals surface area contributed by atoms with Gasteiger partial charge in [-0.05, 0) is 24.1 Å². The molecule has 2 aromatic carbocycles. The second-order valence-corrected chi connectivity index (χ2v) is 6.78. The molecule has 0 aliphatic carbocycles. The quantitative estimate of drug-likeness (QED) is 0.753. The molecular weight excluding hydrogens is 328 g/mol. The molecule has 0 saturated carbocycles. The molecule has 2 aromatic rings. The lowest BCUT2D eigenvalue weighted by atomic mass is 10.0. The summed E-state index contributed by atoms with van der Waals surface area (Å²) < 4.78 is 24.0. The number of allylic oxidation sites excluding steroid dienone is 1. The van der Waals surface area contributed by atoms with Crippen LogP contribution >= 0.6 is 0 Å². The van der Waals surface area contributed by atoms with E-state index >= 15 is 0 Å². The van der Waals surface area contributed by atoms with Gasteiger partial charge in [-0.1, -0.05) is 60.7 Å². The zero-order valence-corrected chi connectivity index (χ0v) is 14.9. The number of ether oxygens (including phenoxy) is 4. The average molecular weight is 352 g/mol. The molecule has 1 saturated heterocycles. The van der Waals surface area contributed by atoms with Crippen molar-refractivity contribution in [3.8, 4) is 0 Å². The van der Waals surface area contributed by atoms with Crippen molar-refractivity contribution in [1.29, 1.82) is 0 Å². The zero-order chi connectivity index (χ0) is 17.8. The van der Waals surface area contributed by atoms with Gasteiger partial charge in [0.2, 0.25) is 6.29 Å². The van der Waals surface area contributed by atoms with Crippen LogP contribution in [0.5, 0.6) is 0 Å². The Labute approximate surface area is 154 Å². The fraction of sp³-hybridized carbons (Fsp3) is 0.364. The molecule has 0 unspecified atom stereocenters. The topological polar surface area (TPSA) is 36.9 Å². The maximum absolute atomic E-state index is 6.24. The van der Waals surface area contributed by atoms with Crippen molar-refractivity contribution in [1.82, 2.24) is 0 Å². The summed E-state index contributed by atoms with van der Waals surface area (Å²) in [6.07, 6.45) is 1.63. The Hall–Kier alpha value is -2.14. The molecule has 0 amide bonds. The molecule has 4 heteroatoms. The minimum Gasteiger partial charge on any atom is -0.469 e. The van der Waals surface area contributed by atoms with Crippen molar-refractivity contribution in [2.24, 2.45) is 5.92 Å². The van der Waals surface area contributed by atoms with Crippen LogP contribution in [0, 0.1) is 5.92 Å². The average Bonchev–Trinajstić information content (AvgIpc) is 3.17. The summed E-state index contributed by atoms with van der Waals surface area (Å²) in [7, 11) is 0. The van der Waals surface area contributed by atoms with E-state index < -0.39 is 0 Å². The number of rotatable bonds is 7. The molecule has 136 valence electrons. The predicted molar refractivity (Wildman–Crippen MR) is 98.1 cm³/mol. The van der Waals surface area contributed by atoms with E-state index in [4.69, 9.17) is 18.9 Å². The van der Waals surface area contributed by atoms with Gasteiger partial charge < -0.3 is 18.9 Å². The van der Waals surface area contributed by atoms with E-state index in [0.717, 1.165) is 16.9 Å². The van der Waals surface area contributed by atoms with Gasteiger partial charge in [-0.2, -0.15) is 0 Å². The first-order valence-electron chi connectivity index (χ1n) is 9.07. The summed E-state index contributed by atoms with van der Waals surface area (Å²) in [6, 6.07) is 20.3. The summed E-state index contributed by atoms with van der Waals surface area (Å²) >= 11 is 0. The number of fused-ring (bicyclic) bond motifs is 1. The second kappa shape index (κ2) is 8.04. The van der Waals surface area contributed by atoms with E-state index in [-0.39, 0.29) is 24.4 Å². The van der Waals surface area contributed by atoms with Gasteiger partial charge in [0.25, 0.3) is 0 Å². The van der Waals surface area contributed by atoms with Gasteiger partial charge in [-0.25, -0.2) is 0 Å². The van der Waals surface area contributed by atoms with Crippen LogP contribution in [0.4, 0.5) is 0 Å². The van der Waals surface area contributed by atoms with Crippen molar-refractivity contribution < 1.29 is 18.9 Å². The normalized spacial score (nSPS) is 27.0. The van der Waals surface area contributed by atoms with Crippen molar-refractivity contribution in [3.05, 3.63) is 83.6 Å². The van der Waals surface area contributed by atoms with E-state index in [9.17, 15) is 0 Å². The van der Waals surface area contributed by atoms with E-state index in [1.165, 1.54) is 0 Å². The highest BCUT2D eigenvalue weighted by atomic mass is 16.7. The van der Waals surface area contributed by atoms with Crippen LogP contribution in [-0.2, 0) is 32.2 Å². The lowest BCUT2D eigenvalue weighted by Crippen LogP contribution is -2.32. The molecule has 4 atom stereocenters. The van der Waals surface area contributed by atoms with Crippen molar-refractivity contribution in [2.45, 2.75) is 38.6 Å². The summed E-state index contributed by atoms with van der Waals surface area (Å²) in [4.78, 5) is 0. The van der Waals surface area contributed by atoms with Crippen molar-refractivity contribution >= 4 is 0 Å². The smallest absolute Gasteiger partial charge is 0.208 e. The zero-order valence-electron chi connectivity index (χ0n) is 14.9. The Kier molecular flexibility index (Phi) is 5.34. The molecule has 4 nitrogen and oxygen atoms in total. The van der Waals surface area contributed by atoms with Crippen LogP contribution in [-0.4, -0.2) is 25.1 Å². The molecule has 0 aromatic heterocycles. The van der Waals surface area contributed by atoms with Crippen LogP contribution in [0.25, 0.3) is 0 Å². The predicted octanol–water partition coefficient (Wildman–Crippen LogP) is 4.06. The molecule has 1 fully saturated rings. The molecule has 0 N–H and O–H groups in total. The highest BCUT2D eigenvalue weighted by Gasteiger charge is 2.48. The van der Waals surface area contributed by atoms with E-state index in [0.29, 0.717) is 19.8 Å². The van der Waals surface area contributed by atoms with Gasteiger partial charge in [0.15, 0.2) is 0 Å². The minimum absolute atomic E-state index is 0.0755. The molecule has 26 heavy (non-hydrogen) atoms. The molecule has 4 rings (SSSR count). The molecule has 2 aliphatic rings. The third kappa shape index (κ3) is 3.98. The van der Waals surface area contributed by atoms with Crippen LogP contribution in [0.3, 0.4) is 0 Å². The van der Waals surface area contributed by atoms with Crippen LogP contribution in [0.1, 0.15) is 18.1 Å². The first kappa shape index (κ1) is 17.3. The molecule has 2 heterocycles. The van der Waals surface area contributed by atoms with Gasteiger partial charge in [0, 0.05) is 0 Å². The Morgan fingerprint density at radius 2 is 1.54 bits per heavy atom. The van der Waals surface area contributed by atoms with Crippen LogP contribution in [0.2, 0.25) is 0 Å². The Morgan fingerprint density at radius 3 is 2.23 bits per heavy atom. The molecule has 0 bridgehead atoms. The maximum atomic E-state index is 6.24. The highest BCUT2D eigenvalue weighted by Crippen LogP contribution is 2.38. The molecule has 0 spiro atoms. The maximum Gasteiger partial charge on any atom is 0.208 e. The van der Waals surface area contributed by atoms with Gasteiger partial charge >= 0.3 is 0 Å². The van der Waals surface area contributed by atoms with Gasteiger partial charge in [-0.15, -0.1) is 0 Å². The van der Waals surface area contributed by atoms with Gasteiger partial charge in [0.05, 0.1) is 37.6 Å². The Balaban J connectivity index is 1.37. The second-order valence-electron chi connectivity index (χ2n) is 6.78. The number of benzene rings is 2. The monoisotopic (exact) mass is 352 g/mol. The molecular formula is C22H24O4. The highest BCUT2D eigenvalue weighted by molar-refractivity contribution is 5.15. The number of hydrogen-bond acceptors (Lipinski definition) is 4. The Bertz CT molecular complexity index is 728. The summed E-state index contributed by atoms with van der Waals surface area (Å²) in [5, 5.41) is 0. The van der Waals surface area contributed by atoms with Crippen molar-refractivity contribution in [2.75, 3.05) is 6.61 Å². The van der Waals surface area contributed by atoms with Crippen LogP contribution in [0.15, 0.2) is 72.5 Å². The first-order chi connectivity index (χ1) is 12.8. The molecule has 0 radical (unpaired) electrons. The van der Waals surface area contributed by atoms with Gasteiger partial charge in [-0.3, -0.25) is 0 Å². The first-order valence-corrected chi connectivity index (χ1v) is 9.07. The number of hydrogen-bond donors (Lipinski definition) is 0.